The first kappa shape index (κ1) is 13.2. The van der Waals surface area contributed by atoms with E-state index in [9.17, 15) is 8.42 Å². The van der Waals surface area contributed by atoms with Gasteiger partial charge in [0.2, 0.25) is 0 Å². The van der Waals surface area contributed by atoms with Gasteiger partial charge in [-0.05, 0) is 0 Å². The molecule has 0 aliphatic rings. The monoisotopic (exact) mass is 280 g/mol. The van der Waals surface area contributed by atoms with Crippen LogP contribution >= 0.6 is 8.15 Å². The van der Waals surface area contributed by atoms with E-state index in [2.05, 4.69) is 0 Å². The minimum atomic E-state index is -3.49. The fraction of sp³-hybridized carbons (Fsp3) is 0.0769. The van der Waals surface area contributed by atoms with Gasteiger partial charge in [0.05, 0.1) is 6.26 Å². The van der Waals surface area contributed by atoms with E-state index < -0.39 is 18.3 Å². The molecule has 0 saturated carbocycles. The lowest BCUT2D eigenvalue weighted by atomic mass is 10.4. The molecular formula is C13H13O3PS. The zero-order valence-corrected chi connectivity index (χ0v) is 11.6. The predicted molar refractivity (Wildman–Crippen MR) is 75.0 cm³/mol. The lowest BCUT2D eigenvalue weighted by molar-refractivity contribution is 0.520. The number of hydrogen-bond donors (Lipinski definition) is 0. The molecule has 2 aromatic carbocycles. The van der Waals surface area contributed by atoms with Crippen molar-refractivity contribution in [2.75, 3.05) is 6.26 Å². The molecular weight excluding hydrogens is 267 g/mol. The Hall–Kier alpha value is -1.22. The van der Waals surface area contributed by atoms with Gasteiger partial charge >= 0.3 is 0 Å². The molecule has 0 aliphatic heterocycles. The lowest BCUT2D eigenvalue weighted by Crippen LogP contribution is -2.16. The molecule has 0 aromatic heterocycles. The van der Waals surface area contributed by atoms with E-state index in [4.69, 9.17) is 3.97 Å². The normalized spacial score (nSPS) is 11.7. The Labute approximate surface area is 108 Å². The molecule has 0 heterocycles. The van der Waals surface area contributed by atoms with Crippen LogP contribution in [0.25, 0.3) is 0 Å². The van der Waals surface area contributed by atoms with Gasteiger partial charge in [-0.15, -0.1) is 0 Å². The van der Waals surface area contributed by atoms with Crippen molar-refractivity contribution in [1.29, 1.82) is 0 Å². The van der Waals surface area contributed by atoms with Gasteiger partial charge in [0, 0.05) is 10.6 Å². The topological polar surface area (TPSA) is 43.4 Å². The van der Waals surface area contributed by atoms with E-state index in [1.807, 2.05) is 60.7 Å². The molecule has 0 amide bonds. The highest BCUT2D eigenvalue weighted by Gasteiger charge is 2.19. The maximum Gasteiger partial charge on any atom is 0.268 e. The average molecular weight is 280 g/mol. The smallest absolute Gasteiger partial charge is 0.238 e. The van der Waals surface area contributed by atoms with Gasteiger partial charge in [-0.1, -0.05) is 60.7 Å². The molecule has 0 unspecified atom stereocenters. The minimum absolute atomic E-state index is 0.879. The zero-order chi connectivity index (χ0) is 13.0. The van der Waals surface area contributed by atoms with Crippen LogP contribution in [0.1, 0.15) is 0 Å². The third-order valence-corrected chi connectivity index (χ3v) is 5.41. The molecule has 0 spiro atoms. The van der Waals surface area contributed by atoms with Crippen molar-refractivity contribution in [2.45, 2.75) is 0 Å². The second-order valence-corrected chi connectivity index (χ2v) is 7.37. The summed E-state index contributed by atoms with van der Waals surface area (Å²) in [7, 11) is -4.82. The molecule has 18 heavy (non-hydrogen) atoms. The third-order valence-electron chi connectivity index (χ3n) is 2.19. The van der Waals surface area contributed by atoms with Crippen molar-refractivity contribution in [3.05, 3.63) is 60.7 Å². The van der Waals surface area contributed by atoms with Crippen molar-refractivity contribution in [1.82, 2.24) is 0 Å². The highest BCUT2D eigenvalue weighted by molar-refractivity contribution is 7.92. The first-order chi connectivity index (χ1) is 8.56. The molecule has 0 aliphatic carbocycles. The molecule has 0 fully saturated rings. The van der Waals surface area contributed by atoms with Gasteiger partial charge in [-0.3, -0.25) is 0 Å². The fourth-order valence-corrected chi connectivity index (χ4v) is 4.45. The van der Waals surface area contributed by atoms with Gasteiger partial charge < -0.3 is 0 Å². The molecule has 0 radical (unpaired) electrons. The average Bonchev–Trinajstić information content (AvgIpc) is 2.37. The SMILES string of the molecule is CS(=O)(=O)OP(c1ccccc1)c1ccccc1. The zero-order valence-electron chi connectivity index (χ0n) is 9.85. The first-order valence-electron chi connectivity index (χ1n) is 5.36. The van der Waals surface area contributed by atoms with E-state index in [0.717, 1.165) is 16.9 Å². The van der Waals surface area contributed by atoms with E-state index >= 15 is 0 Å². The summed E-state index contributed by atoms with van der Waals surface area (Å²) in [4.78, 5) is 0. The maximum atomic E-state index is 11.4. The molecule has 3 nitrogen and oxygen atoms in total. The summed E-state index contributed by atoms with van der Waals surface area (Å²) in [6.07, 6.45) is 1.08. The van der Waals surface area contributed by atoms with Gasteiger partial charge in [0.15, 0.2) is 0 Å². The Kier molecular flexibility index (Phi) is 4.12. The first-order valence-corrected chi connectivity index (χ1v) is 8.44. The third kappa shape index (κ3) is 3.64. The second kappa shape index (κ2) is 5.61. The summed E-state index contributed by atoms with van der Waals surface area (Å²) in [5.74, 6) is 0. The standard InChI is InChI=1S/C13H13O3PS/c1-18(14,15)16-17(12-8-4-2-5-9-12)13-10-6-3-7-11-13/h2-11H,1H3. The Morgan fingerprint density at radius 1 is 0.833 bits per heavy atom. The van der Waals surface area contributed by atoms with Crippen molar-refractivity contribution in [3.8, 4) is 0 Å². The van der Waals surface area contributed by atoms with Crippen molar-refractivity contribution < 1.29 is 12.4 Å². The van der Waals surface area contributed by atoms with Gasteiger partial charge in [0.1, 0.15) is 8.15 Å². The molecule has 5 heteroatoms. The predicted octanol–water partition coefficient (Wildman–Crippen LogP) is 2.01. The summed E-state index contributed by atoms with van der Waals surface area (Å²) >= 11 is 0. The molecule has 94 valence electrons. The van der Waals surface area contributed by atoms with Crippen LogP contribution in [0.3, 0.4) is 0 Å². The molecule has 0 saturated heterocycles. The second-order valence-electron chi connectivity index (χ2n) is 3.74. The van der Waals surface area contributed by atoms with Crippen LogP contribution in [0.5, 0.6) is 0 Å². The molecule has 0 bridgehead atoms. The highest BCUT2D eigenvalue weighted by atomic mass is 32.2. The summed E-state index contributed by atoms with van der Waals surface area (Å²) in [6.45, 7) is 0. The van der Waals surface area contributed by atoms with E-state index in [-0.39, 0.29) is 0 Å². The molecule has 0 atom stereocenters. The van der Waals surface area contributed by atoms with Crippen LogP contribution in [-0.2, 0) is 14.1 Å². The Balaban J connectivity index is 2.42. The number of rotatable bonds is 4. The summed E-state index contributed by atoms with van der Waals surface area (Å²) in [6, 6.07) is 18.8. The molecule has 2 rings (SSSR count). The van der Waals surface area contributed by atoms with Crippen LogP contribution in [0, 0.1) is 0 Å². The summed E-state index contributed by atoms with van der Waals surface area (Å²) < 4.78 is 28.0. The maximum absolute atomic E-state index is 11.4. The minimum Gasteiger partial charge on any atom is -0.238 e. The largest absolute Gasteiger partial charge is 0.268 e. The number of hydrogen-bond acceptors (Lipinski definition) is 3. The Morgan fingerprint density at radius 2 is 1.22 bits per heavy atom. The van der Waals surface area contributed by atoms with Crippen molar-refractivity contribution in [2.24, 2.45) is 0 Å². The van der Waals surface area contributed by atoms with Crippen LogP contribution in [0.2, 0.25) is 0 Å². The van der Waals surface area contributed by atoms with Crippen LogP contribution < -0.4 is 10.6 Å². The van der Waals surface area contributed by atoms with E-state index in [1.165, 1.54) is 0 Å². The van der Waals surface area contributed by atoms with Gasteiger partial charge in [0.25, 0.3) is 10.1 Å². The van der Waals surface area contributed by atoms with Crippen molar-refractivity contribution >= 4 is 28.9 Å². The quantitative estimate of drug-likeness (QED) is 0.805. The van der Waals surface area contributed by atoms with Crippen molar-refractivity contribution in [3.63, 3.8) is 0 Å². The Morgan fingerprint density at radius 3 is 1.56 bits per heavy atom. The molecule has 0 N–H and O–H groups in total. The van der Waals surface area contributed by atoms with E-state index in [1.54, 1.807) is 0 Å². The Bertz CT molecular complexity index is 557. The lowest BCUT2D eigenvalue weighted by Gasteiger charge is -2.16. The summed E-state index contributed by atoms with van der Waals surface area (Å²) in [5.41, 5.74) is 0. The number of benzene rings is 2. The molecule has 2 aromatic rings. The fourth-order valence-electron chi connectivity index (χ4n) is 1.50. The summed E-state index contributed by atoms with van der Waals surface area (Å²) in [5, 5.41) is 1.76. The van der Waals surface area contributed by atoms with Crippen LogP contribution in [-0.4, -0.2) is 14.7 Å². The van der Waals surface area contributed by atoms with Crippen LogP contribution in [0.4, 0.5) is 0 Å². The van der Waals surface area contributed by atoms with E-state index in [0.29, 0.717) is 0 Å². The van der Waals surface area contributed by atoms with Gasteiger partial charge in [-0.25, -0.2) is 3.97 Å². The van der Waals surface area contributed by atoms with Gasteiger partial charge in [-0.2, -0.15) is 8.42 Å². The van der Waals surface area contributed by atoms with Crippen LogP contribution in [0.15, 0.2) is 60.7 Å². The highest BCUT2D eigenvalue weighted by Crippen LogP contribution is 2.36.